The van der Waals surface area contributed by atoms with E-state index >= 15 is 0 Å². The number of phenolic OH excluding ortho intramolecular Hbond substituents is 1. The van der Waals surface area contributed by atoms with Crippen molar-refractivity contribution in [2.45, 2.75) is 19.9 Å². The summed E-state index contributed by atoms with van der Waals surface area (Å²) in [6.07, 6.45) is 1.45. The van der Waals surface area contributed by atoms with Gasteiger partial charge in [-0.05, 0) is 67.6 Å². The van der Waals surface area contributed by atoms with Gasteiger partial charge in [0.15, 0.2) is 0 Å². The maximum Gasteiger partial charge on any atom is 0.262 e. The van der Waals surface area contributed by atoms with E-state index in [-0.39, 0.29) is 17.6 Å². The summed E-state index contributed by atoms with van der Waals surface area (Å²) < 4.78 is 1.000. The first-order valence-corrected chi connectivity index (χ1v) is 9.75. The molecule has 0 saturated heterocycles. The first-order valence-electron chi connectivity index (χ1n) is 8.16. The van der Waals surface area contributed by atoms with Crippen molar-refractivity contribution in [1.29, 1.82) is 0 Å². The van der Waals surface area contributed by atoms with Crippen molar-refractivity contribution in [2.24, 2.45) is 11.0 Å². The van der Waals surface area contributed by atoms with Crippen LogP contribution in [0.15, 0.2) is 56.5 Å². The van der Waals surface area contributed by atoms with E-state index in [9.17, 15) is 14.7 Å². The van der Waals surface area contributed by atoms with E-state index in [2.05, 4.69) is 47.7 Å². The van der Waals surface area contributed by atoms with Crippen LogP contribution in [-0.4, -0.2) is 29.2 Å². The smallest absolute Gasteiger partial charge is 0.262 e. The molecule has 2 aromatic carbocycles. The van der Waals surface area contributed by atoms with E-state index < -0.39 is 11.9 Å². The lowest BCUT2D eigenvalue weighted by molar-refractivity contribution is -0.123. The molecule has 0 aromatic heterocycles. The number of amides is 2. The summed E-state index contributed by atoms with van der Waals surface area (Å²) in [5, 5.41) is 16.4. The standard InChI is InChI=1S/C19H19Br2N3O3/c1-11(2)16(23-18(26)13-6-4-3-5-7-13)19(27)24-22-10-12-8-14(20)17(25)15(21)9-12/h3-11,16,25H,1-2H3,(H,23,26)(H,24,27)/b22-10+. The molecule has 27 heavy (non-hydrogen) atoms. The summed E-state index contributed by atoms with van der Waals surface area (Å²) >= 11 is 6.47. The summed E-state index contributed by atoms with van der Waals surface area (Å²) in [6, 6.07) is 11.3. The zero-order chi connectivity index (χ0) is 20.0. The summed E-state index contributed by atoms with van der Waals surface area (Å²) in [5.41, 5.74) is 3.60. The zero-order valence-corrected chi connectivity index (χ0v) is 17.9. The molecule has 6 nitrogen and oxygen atoms in total. The van der Waals surface area contributed by atoms with Crippen LogP contribution in [0.2, 0.25) is 0 Å². The Morgan fingerprint density at radius 2 is 1.70 bits per heavy atom. The van der Waals surface area contributed by atoms with Crippen molar-refractivity contribution in [3.05, 3.63) is 62.5 Å². The predicted octanol–water partition coefficient (Wildman–Crippen LogP) is 3.82. The van der Waals surface area contributed by atoms with Crippen LogP contribution < -0.4 is 10.7 Å². The molecule has 1 atom stereocenters. The Bertz CT molecular complexity index is 832. The van der Waals surface area contributed by atoms with Gasteiger partial charge in [-0.25, -0.2) is 5.43 Å². The van der Waals surface area contributed by atoms with Crippen LogP contribution >= 0.6 is 31.9 Å². The molecule has 0 aliphatic heterocycles. The van der Waals surface area contributed by atoms with Gasteiger partial charge in [0.05, 0.1) is 15.2 Å². The number of aromatic hydroxyl groups is 1. The molecule has 2 amide bonds. The van der Waals surface area contributed by atoms with Gasteiger partial charge in [-0.15, -0.1) is 0 Å². The number of carbonyl (C=O) groups is 2. The minimum Gasteiger partial charge on any atom is -0.506 e. The average molecular weight is 497 g/mol. The molecule has 0 aliphatic rings. The van der Waals surface area contributed by atoms with Gasteiger partial charge in [0.2, 0.25) is 0 Å². The van der Waals surface area contributed by atoms with Gasteiger partial charge in [-0.2, -0.15) is 5.10 Å². The van der Waals surface area contributed by atoms with Crippen molar-refractivity contribution in [3.63, 3.8) is 0 Å². The molecule has 2 aromatic rings. The second kappa shape index (κ2) is 9.66. The van der Waals surface area contributed by atoms with Gasteiger partial charge < -0.3 is 10.4 Å². The third-order valence-corrected chi connectivity index (χ3v) is 4.91. The highest BCUT2D eigenvalue weighted by Gasteiger charge is 2.24. The first kappa shape index (κ1) is 21.1. The molecular formula is C19H19Br2N3O3. The molecule has 0 fully saturated rings. The van der Waals surface area contributed by atoms with Crippen LogP contribution in [-0.2, 0) is 4.79 Å². The lowest BCUT2D eigenvalue weighted by Crippen LogP contribution is -2.48. The van der Waals surface area contributed by atoms with E-state index in [1.807, 2.05) is 19.9 Å². The van der Waals surface area contributed by atoms with Gasteiger partial charge in [0, 0.05) is 5.56 Å². The van der Waals surface area contributed by atoms with Gasteiger partial charge in [-0.1, -0.05) is 32.0 Å². The molecule has 0 spiro atoms. The highest BCUT2D eigenvalue weighted by Crippen LogP contribution is 2.32. The molecule has 2 rings (SSSR count). The third kappa shape index (κ3) is 5.90. The maximum absolute atomic E-state index is 12.4. The van der Waals surface area contributed by atoms with Crippen molar-refractivity contribution in [3.8, 4) is 5.75 Å². The Morgan fingerprint density at radius 1 is 1.11 bits per heavy atom. The van der Waals surface area contributed by atoms with Crippen molar-refractivity contribution in [1.82, 2.24) is 10.7 Å². The highest BCUT2D eigenvalue weighted by atomic mass is 79.9. The number of nitrogens with one attached hydrogen (secondary N) is 2. The molecule has 1 unspecified atom stereocenters. The monoisotopic (exact) mass is 495 g/mol. The minimum atomic E-state index is -0.729. The summed E-state index contributed by atoms with van der Waals surface area (Å²) in [6.45, 7) is 3.68. The molecule has 0 aliphatic carbocycles. The molecule has 0 heterocycles. The topological polar surface area (TPSA) is 90.8 Å². The van der Waals surface area contributed by atoms with Crippen molar-refractivity contribution >= 4 is 49.9 Å². The van der Waals surface area contributed by atoms with E-state index in [1.54, 1.807) is 36.4 Å². The number of carbonyl (C=O) groups excluding carboxylic acids is 2. The lowest BCUT2D eigenvalue weighted by Gasteiger charge is -2.20. The van der Waals surface area contributed by atoms with Crippen LogP contribution in [0.3, 0.4) is 0 Å². The minimum absolute atomic E-state index is 0.0830. The number of hydrogen-bond donors (Lipinski definition) is 3. The Kier molecular flexibility index (Phi) is 7.55. The summed E-state index contributed by atoms with van der Waals surface area (Å²) in [7, 11) is 0. The lowest BCUT2D eigenvalue weighted by atomic mass is 10.0. The molecule has 0 bridgehead atoms. The normalized spacial score (nSPS) is 12.2. The number of halogens is 2. The van der Waals surface area contributed by atoms with Gasteiger partial charge in [0.25, 0.3) is 11.8 Å². The van der Waals surface area contributed by atoms with E-state index in [4.69, 9.17) is 0 Å². The van der Waals surface area contributed by atoms with Crippen molar-refractivity contribution in [2.75, 3.05) is 0 Å². The predicted molar refractivity (Wildman–Crippen MR) is 112 cm³/mol. The van der Waals surface area contributed by atoms with E-state index in [0.717, 1.165) is 0 Å². The zero-order valence-electron chi connectivity index (χ0n) is 14.7. The Labute approximate surface area is 174 Å². The molecular weight excluding hydrogens is 478 g/mol. The van der Waals surface area contributed by atoms with Crippen LogP contribution in [0.25, 0.3) is 0 Å². The average Bonchev–Trinajstić information content (AvgIpc) is 2.64. The fourth-order valence-corrected chi connectivity index (χ4v) is 3.47. The van der Waals surface area contributed by atoms with E-state index in [0.29, 0.717) is 20.1 Å². The van der Waals surface area contributed by atoms with Crippen LogP contribution in [0, 0.1) is 5.92 Å². The number of rotatable bonds is 6. The number of hydrazone groups is 1. The summed E-state index contributed by atoms with van der Waals surface area (Å²) in [5.74, 6) is -0.772. The Morgan fingerprint density at radius 3 is 2.26 bits per heavy atom. The fraction of sp³-hybridized carbons (Fsp3) is 0.211. The van der Waals surface area contributed by atoms with E-state index in [1.165, 1.54) is 6.21 Å². The number of phenols is 1. The first-order chi connectivity index (χ1) is 12.8. The number of benzene rings is 2. The SMILES string of the molecule is CC(C)C(NC(=O)c1ccccc1)C(=O)N/N=C/c1cc(Br)c(O)c(Br)c1. The Hall–Kier alpha value is -2.19. The number of nitrogens with zero attached hydrogens (tertiary/aromatic N) is 1. The maximum atomic E-state index is 12.4. The fourth-order valence-electron chi connectivity index (χ4n) is 2.25. The second-order valence-electron chi connectivity index (χ2n) is 6.13. The molecule has 3 N–H and O–H groups in total. The van der Waals surface area contributed by atoms with Crippen LogP contribution in [0.4, 0.5) is 0 Å². The number of hydrogen-bond acceptors (Lipinski definition) is 4. The molecule has 0 radical (unpaired) electrons. The third-order valence-electron chi connectivity index (χ3n) is 3.70. The highest BCUT2D eigenvalue weighted by molar-refractivity contribution is 9.11. The Balaban J connectivity index is 2.04. The van der Waals surface area contributed by atoms with Gasteiger partial charge in [0.1, 0.15) is 11.8 Å². The second-order valence-corrected chi connectivity index (χ2v) is 7.84. The largest absolute Gasteiger partial charge is 0.506 e. The van der Waals surface area contributed by atoms with Crippen LogP contribution in [0.1, 0.15) is 29.8 Å². The van der Waals surface area contributed by atoms with Crippen molar-refractivity contribution < 1.29 is 14.7 Å². The quantitative estimate of drug-likeness (QED) is 0.419. The van der Waals surface area contributed by atoms with Crippen LogP contribution in [0.5, 0.6) is 5.75 Å². The molecule has 0 saturated carbocycles. The molecule has 142 valence electrons. The van der Waals surface area contributed by atoms with Gasteiger partial charge >= 0.3 is 0 Å². The van der Waals surface area contributed by atoms with Gasteiger partial charge in [-0.3, -0.25) is 9.59 Å². The molecule has 8 heteroatoms. The summed E-state index contributed by atoms with van der Waals surface area (Å²) in [4.78, 5) is 24.7.